The van der Waals surface area contributed by atoms with Crippen LogP contribution >= 0.6 is 0 Å². The van der Waals surface area contributed by atoms with E-state index in [9.17, 15) is 9.59 Å². The second kappa shape index (κ2) is 4.41. The highest BCUT2D eigenvalue weighted by molar-refractivity contribution is 5.99. The molecule has 16 heavy (non-hydrogen) atoms. The zero-order valence-corrected chi connectivity index (χ0v) is 9.42. The van der Waals surface area contributed by atoms with Gasteiger partial charge in [0.1, 0.15) is 11.6 Å². The first-order valence-corrected chi connectivity index (χ1v) is 6.01. The smallest absolute Gasteiger partial charge is 0.246 e. The van der Waals surface area contributed by atoms with Crippen LogP contribution in [-0.4, -0.2) is 29.9 Å². The molecule has 2 rings (SSSR count). The summed E-state index contributed by atoms with van der Waals surface area (Å²) in [7, 11) is 0. The lowest BCUT2D eigenvalue weighted by molar-refractivity contribution is -0.141. The van der Waals surface area contributed by atoms with Crippen LogP contribution in [0.1, 0.15) is 38.5 Å². The summed E-state index contributed by atoms with van der Waals surface area (Å²) >= 11 is 0. The molecule has 5 nitrogen and oxygen atoms in total. The fourth-order valence-electron chi connectivity index (χ4n) is 2.60. The molecule has 1 aliphatic heterocycles. The third-order valence-corrected chi connectivity index (χ3v) is 3.57. The summed E-state index contributed by atoms with van der Waals surface area (Å²) in [5, 5.41) is 5.74. The highest BCUT2D eigenvalue weighted by Gasteiger charge is 2.47. The predicted octanol–water partition coefficient (Wildman–Crippen LogP) is -0.347. The van der Waals surface area contributed by atoms with Gasteiger partial charge in [-0.2, -0.15) is 0 Å². The quantitative estimate of drug-likeness (QED) is 0.614. The van der Waals surface area contributed by atoms with Crippen molar-refractivity contribution in [2.45, 2.75) is 50.1 Å². The molecule has 5 heteroatoms. The Balaban J connectivity index is 2.01. The van der Waals surface area contributed by atoms with Crippen molar-refractivity contribution in [1.29, 1.82) is 0 Å². The largest absolute Gasteiger partial charge is 0.342 e. The Bertz CT molecular complexity index is 298. The minimum absolute atomic E-state index is 0.00776. The van der Waals surface area contributed by atoms with Crippen LogP contribution in [0.15, 0.2) is 0 Å². The molecule has 1 atom stereocenters. The number of hydrogen-bond acceptors (Lipinski definition) is 3. The fraction of sp³-hybridized carbons (Fsp3) is 0.818. The third-order valence-electron chi connectivity index (χ3n) is 3.57. The Hall–Kier alpha value is -1.10. The second-order valence-corrected chi connectivity index (χ2v) is 4.74. The van der Waals surface area contributed by atoms with Gasteiger partial charge in [-0.05, 0) is 32.2 Å². The first-order valence-electron chi connectivity index (χ1n) is 6.01. The van der Waals surface area contributed by atoms with Crippen LogP contribution in [0.4, 0.5) is 0 Å². The van der Waals surface area contributed by atoms with Gasteiger partial charge in [0.05, 0.1) is 0 Å². The minimum Gasteiger partial charge on any atom is -0.342 e. The normalized spacial score (nSPS) is 27.9. The average molecular weight is 225 g/mol. The van der Waals surface area contributed by atoms with Crippen molar-refractivity contribution in [3.8, 4) is 0 Å². The van der Waals surface area contributed by atoms with Crippen LogP contribution < -0.4 is 16.4 Å². The Kier molecular flexibility index (Phi) is 3.14. The van der Waals surface area contributed by atoms with Crippen molar-refractivity contribution in [1.82, 2.24) is 10.6 Å². The number of nitrogens with two attached hydrogens (primary N) is 1. The molecule has 0 aromatic carbocycles. The van der Waals surface area contributed by atoms with E-state index in [1.54, 1.807) is 0 Å². The molecule has 90 valence electrons. The average Bonchev–Trinajstić information content (AvgIpc) is 2.71. The molecule has 1 saturated heterocycles. The molecule has 2 amide bonds. The molecular weight excluding hydrogens is 206 g/mol. The Morgan fingerprint density at radius 2 is 2.00 bits per heavy atom. The molecule has 0 bridgehead atoms. The van der Waals surface area contributed by atoms with Crippen molar-refractivity contribution in [2.24, 2.45) is 5.73 Å². The standard InChI is InChI=1S/C11H19N3O2/c12-7-3-4-8-9(15)14-11(10(16)13-8)5-1-2-6-11/h8H,1-7,12H2,(H,13,16)(H,14,15)/t8-/m0/s1. The summed E-state index contributed by atoms with van der Waals surface area (Å²) in [5.74, 6) is -0.0541. The summed E-state index contributed by atoms with van der Waals surface area (Å²) in [4.78, 5) is 23.8. The van der Waals surface area contributed by atoms with E-state index >= 15 is 0 Å². The van der Waals surface area contributed by atoms with Crippen molar-refractivity contribution in [3.05, 3.63) is 0 Å². The van der Waals surface area contributed by atoms with E-state index in [4.69, 9.17) is 5.73 Å². The van der Waals surface area contributed by atoms with Gasteiger partial charge in [0.2, 0.25) is 11.8 Å². The Labute approximate surface area is 95.1 Å². The van der Waals surface area contributed by atoms with E-state index in [1.165, 1.54) is 0 Å². The summed E-state index contributed by atoms with van der Waals surface area (Å²) in [5.41, 5.74) is 4.80. The van der Waals surface area contributed by atoms with Gasteiger partial charge in [0.25, 0.3) is 0 Å². The summed E-state index contributed by atoms with van der Waals surface area (Å²) in [6.45, 7) is 0.546. The van der Waals surface area contributed by atoms with Crippen molar-refractivity contribution in [2.75, 3.05) is 6.54 Å². The van der Waals surface area contributed by atoms with Crippen LogP contribution in [0.2, 0.25) is 0 Å². The number of amides is 2. The van der Waals surface area contributed by atoms with Gasteiger partial charge in [-0.3, -0.25) is 9.59 Å². The van der Waals surface area contributed by atoms with Crippen LogP contribution in [0, 0.1) is 0 Å². The lowest BCUT2D eigenvalue weighted by atomic mass is 9.91. The maximum Gasteiger partial charge on any atom is 0.246 e. The number of carbonyl (C=O) groups excluding carboxylic acids is 2. The highest BCUT2D eigenvalue weighted by Crippen LogP contribution is 2.31. The number of piperazine rings is 1. The minimum atomic E-state index is -0.601. The zero-order valence-electron chi connectivity index (χ0n) is 9.42. The van der Waals surface area contributed by atoms with Crippen LogP contribution in [0.25, 0.3) is 0 Å². The van der Waals surface area contributed by atoms with E-state index < -0.39 is 5.54 Å². The van der Waals surface area contributed by atoms with Gasteiger partial charge < -0.3 is 16.4 Å². The molecule has 1 spiro atoms. The molecule has 0 aromatic rings. The monoisotopic (exact) mass is 225 g/mol. The molecule has 1 heterocycles. The molecule has 0 aromatic heterocycles. The SMILES string of the molecule is NCCC[C@@H]1NC(=O)C2(CCCC2)NC1=O. The fourth-order valence-corrected chi connectivity index (χ4v) is 2.60. The van der Waals surface area contributed by atoms with E-state index in [1.807, 2.05) is 0 Å². The lowest BCUT2D eigenvalue weighted by Crippen LogP contribution is -2.68. The molecule has 0 unspecified atom stereocenters. The van der Waals surface area contributed by atoms with Gasteiger partial charge in [0.15, 0.2) is 0 Å². The maximum absolute atomic E-state index is 12.0. The van der Waals surface area contributed by atoms with Gasteiger partial charge in [-0.1, -0.05) is 12.8 Å². The number of rotatable bonds is 3. The zero-order chi connectivity index (χ0) is 11.6. The molecule has 1 saturated carbocycles. The van der Waals surface area contributed by atoms with Crippen LogP contribution in [0.5, 0.6) is 0 Å². The topological polar surface area (TPSA) is 84.2 Å². The van der Waals surface area contributed by atoms with Gasteiger partial charge in [0, 0.05) is 0 Å². The Morgan fingerprint density at radius 3 is 2.62 bits per heavy atom. The highest BCUT2D eigenvalue weighted by atomic mass is 16.2. The van der Waals surface area contributed by atoms with E-state index in [0.29, 0.717) is 13.0 Å². The summed E-state index contributed by atoms with van der Waals surface area (Å²) in [6, 6.07) is -0.387. The van der Waals surface area contributed by atoms with Crippen LogP contribution in [-0.2, 0) is 9.59 Å². The molecule has 0 radical (unpaired) electrons. The second-order valence-electron chi connectivity index (χ2n) is 4.74. The molecule has 2 fully saturated rings. The van der Waals surface area contributed by atoms with E-state index in [-0.39, 0.29) is 17.9 Å². The molecule has 2 aliphatic rings. The predicted molar refractivity (Wildman–Crippen MR) is 59.6 cm³/mol. The first kappa shape index (κ1) is 11.4. The lowest BCUT2D eigenvalue weighted by Gasteiger charge is -2.37. The van der Waals surface area contributed by atoms with Gasteiger partial charge in [-0.15, -0.1) is 0 Å². The molecular formula is C11H19N3O2. The Morgan fingerprint density at radius 1 is 1.31 bits per heavy atom. The number of carbonyl (C=O) groups is 2. The van der Waals surface area contributed by atoms with E-state index in [0.717, 1.165) is 32.1 Å². The molecule has 1 aliphatic carbocycles. The van der Waals surface area contributed by atoms with Crippen LogP contribution in [0.3, 0.4) is 0 Å². The van der Waals surface area contributed by atoms with Crippen molar-refractivity contribution in [3.63, 3.8) is 0 Å². The maximum atomic E-state index is 12.0. The number of hydrogen-bond donors (Lipinski definition) is 3. The van der Waals surface area contributed by atoms with Gasteiger partial charge >= 0.3 is 0 Å². The summed E-state index contributed by atoms with van der Waals surface area (Å²) < 4.78 is 0. The number of nitrogens with one attached hydrogen (secondary N) is 2. The summed E-state index contributed by atoms with van der Waals surface area (Å²) in [6.07, 6.45) is 4.96. The van der Waals surface area contributed by atoms with Gasteiger partial charge in [-0.25, -0.2) is 0 Å². The van der Waals surface area contributed by atoms with E-state index in [2.05, 4.69) is 10.6 Å². The van der Waals surface area contributed by atoms with Crippen molar-refractivity contribution < 1.29 is 9.59 Å². The third kappa shape index (κ3) is 1.91. The first-order chi connectivity index (χ1) is 7.68. The van der Waals surface area contributed by atoms with Crippen molar-refractivity contribution >= 4 is 11.8 Å². The molecule has 4 N–H and O–H groups in total.